The summed E-state index contributed by atoms with van der Waals surface area (Å²) in [6.45, 7) is 0. The highest BCUT2D eigenvalue weighted by Crippen LogP contribution is 2.42. The van der Waals surface area contributed by atoms with Crippen molar-refractivity contribution >= 4 is 87.5 Å². The van der Waals surface area contributed by atoms with Crippen LogP contribution in [0.1, 0.15) is 0 Å². The van der Waals surface area contributed by atoms with Crippen molar-refractivity contribution in [3.05, 3.63) is 206 Å². The van der Waals surface area contributed by atoms with Gasteiger partial charge in [0.2, 0.25) is 5.95 Å². The minimum atomic E-state index is 0.606. The molecule has 64 heavy (non-hydrogen) atoms. The minimum Gasteiger partial charge on any atom is -0.456 e. The third-order valence-corrected chi connectivity index (χ3v) is 12.9. The van der Waals surface area contributed by atoms with Crippen LogP contribution in [0.4, 0.5) is 0 Å². The fourth-order valence-electron chi connectivity index (χ4n) is 9.95. The molecule has 0 amide bonds. The smallest absolute Gasteiger partial charge is 0.235 e. The summed E-state index contributed by atoms with van der Waals surface area (Å²) in [6, 6.07) is 72.4. The highest BCUT2D eigenvalue weighted by atomic mass is 16.3. The van der Waals surface area contributed by atoms with Gasteiger partial charge >= 0.3 is 0 Å². The van der Waals surface area contributed by atoms with E-state index in [9.17, 15) is 0 Å². The van der Waals surface area contributed by atoms with Gasteiger partial charge in [-0.25, -0.2) is 9.97 Å². The largest absolute Gasteiger partial charge is 0.456 e. The first kappa shape index (κ1) is 34.9. The van der Waals surface area contributed by atoms with E-state index in [1.807, 2.05) is 48.5 Å². The summed E-state index contributed by atoms with van der Waals surface area (Å²) in [7, 11) is 0. The molecule has 0 N–H and O–H groups in total. The maximum absolute atomic E-state index is 6.83. The van der Waals surface area contributed by atoms with Crippen LogP contribution >= 0.6 is 0 Å². The predicted molar refractivity (Wildman–Crippen MR) is 262 cm³/mol. The van der Waals surface area contributed by atoms with E-state index in [-0.39, 0.29) is 0 Å². The molecule has 0 saturated heterocycles. The molecule has 5 heterocycles. The first-order valence-electron chi connectivity index (χ1n) is 21.6. The van der Waals surface area contributed by atoms with Gasteiger partial charge in [0.15, 0.2) is 0 Å². The van der Waals surface area contributed by atoms with Crippen LogP contribution < -0.4 is 0 Å². The molecule has 0 bridgehead atoms. The van der Waals surface area contributed by atoms with Gasteiger partial charge in [-0.3, -0.25) is 4.57 Å². The summed E-state index contributed by atoms with van der Waals surface area (Å²) < 4.78 is 17.7. The molecule has 0 unspecified atom stereocenters. The Kier molecular flexibility index (Phi) is 7.30. The summed E-state index contributed by atoms with van der Waals surface area (Å²) in [5, 5.41) is 8.98. The zero-order chi connectivity index (χ0) is 41.9. The number of hydrogen-bond acceptors (Lipinski definition) is 4. The zero-order valence-electron chi connectivity index (χ0n) is 34.2. The van der Waals surface area contributed by atoms with Gasteiger partial charge in [-0.1, -0.05) is 127 Å². The zero-order valence-corrected chi connectivity index (χ0v) is 34.2. The molecule has 6 nitrogen and oxygen atoms in total. The molecule has 14 aromatic rings. The molecule has 14 rings (SSSR count). The summed E-state index contributed by atoms with van der Waals surface area (Å²) in [4.78, 5) is 10.5. The van der Waals surface area contributed by atoms with E-state index in [4.69, 9.17) is 18.8 Å². The molecule has 0 aliphatic heterocycles. The van der Waals surface area contributed by atoms with E-state index in [0.717, 1.165) is 116 Å². The number of nitrogens with zero attached hydrogens (tertiary/aromatic N) is 4. The fourth-order valence-corrected chi connectivity index (χ4v) is 9.95. The lowest BCUT2D eigenvalue weighted by Crippen LogP contribution is -2.03. The van der Waals surface area contributed by atoms with Crippen molar-refractivity contribution in [1.82, 2.24) is 19.1 Å². The first-order chi connectivity index (χ1) is 31.7. The van der Waals surface area contributed by atoms with Gasteiger partial charge in [-0.15, -0.1) is 0 Å². The van der Waals surface area contributed by atoms with Crippen LogP contribution in [0.3, 0.4) is 0 Å². The third-order valence-electron chi connectivity index (χ3n) is 12.9. The lowest BCUT2D eigenvalue weighted by Gasteiger charge is -2.11. The molecule has 0 aliphatic carbocycles. The molecule has 0 saturated carbocycles. The van der Waals surface area contributed by atoms with E-state index in [0.29, 0.717) is 5.95 Å². The van der Waals surface area contributed by atoms with Crippen LogP contribution in [0.2, 0.25) is 0 Å². The predicted octanol–water partition coefficient (Wildman–Crippen LogP) is 15.5. The third kappa shape index (κ3) is 5.20. The monoisotopic (exact) mass is 818 g/mol. The Morgan fingerprint density at radius 3 is 1.50 bits per heavy atom. The standard InChI is InChI=1S/C58H34N4O2/c1-4-14-35(15-5-1)48-32-49(36-16-6-2-7-17-36)60-58(59-48)62-50-22-12-10-20-40(50)44-30-47-42-26-24-38(29-55(42)64-57(47)34-53(44)62)37-25-27-51-43(28-37)45-31-46-41-21-11-13-23-54(41)63-56(46)33-52(45)61(51)39-18-8-3-9-19-39/h1-34H. The molecule has 0 radical (unpaired) electrons. The summed E-state index contributed by atoms with van der Waals surface area (Å²) in [5.41, 5.74) is 14.8. The van der Waals surface area contributed by atoms with Crippen LogP contribution in [0.15, 0.2) is 215 Å². The van der Waals surface area contributed by atoms with Crippen molar-refractivity contribution in [1.29, 1.82) is 0 Å². The maximum atomic E-state index is 6.83. The van der Waals surface area contributed by atoms with E-state index in [2.05, 4.69) is 167 Å². The molecule has 0 fully saturated rings. The molecular formula is C58H34N4O2. The normalized spacial score (nSPS) is 12.1. The van der Waals surface area contributed by atoms with Crippen molar-refractivity contribution in [2.45, 2.75) is 0 Å². The van der Waals surface area contributed by atoms with E-state index in [1.54, 1.807) is 0 Å². The lowest BCUT2D eigenvalue weighted by molar-refractivity contribution is 0.669. The Balaban J connectivity index is 0.947. The van der Waals surface area contributed by atoms with Crippen molar-refractivity contribution in [2.24, 2.45) is 0 Å². The molecule has 5 aromatic heterocycles. The van der Waals surface area contributed by atoms with Crippen LogP contribution in [0, 0.1) is 0 Å². The topological polar surface area (TPSA) is 61.9 Å². The fraction of sp³-hybridized carbons (Fsp3) is 0. The van der Waals surface area contributed by atoms with E-state index >= 15 is 0 Å². The number of benzene rings is 9. The van der Waals surface area contributed by atoms with Gasteiger partial charge < -0.3 is 13.4 Å². The second-order valence-electron chi connectivity index (χ2n) is 16.6. The Labute approximate surface area is 365 Å². The first-order valence-corrected chi connectivity index (χ1v) is 21.6. The number of furan rings is 2. The quantitative estimate of drug-likeness (QED) is 0.174. The highest BCUT2D eigenvalue weighted by Gasteiger charge is 2.21. The van der Waals surface area contributed by atoms with Crippen LogP contribution in [-0.4, -0.2) is 19.1 Å². The van der Waals surface area contributed by atoms with Gasteiger partial charge in [0.25, 0.3) is 0 Å². The SMILES string of the molecule is c1ccc(-c2cc(-c3ccccc3)nc(-n3c4ccccc4c4cc5c(cc43)oc3cc(-c4ccc6c(c4)c4cc7c(cc4n6-c4ccccc4)oc4ccccc47)ccc35)n2)cc1. The molecule has 0 aliphatic rings. The number of hydrogen-bond donors (Lipinski definition) is 0. The average Bonchev–Trinajstić information content (AvgIpc) is 4.09. The van der Waals surface area contributed by atoms with Gasteiger partial charge in [-0.05, 0) is 77.9 Å². The van der Waals surface area contributed by atoms with Crippen molar-refractivity contribution < 1.29 is 8.83 Å². The summed E-state index contributed by atoms with van der Waals surface area (Å²) in [6.07, 6.45) is 0. The Morgan fingerprint density at radius 2 is 0.781 bits per heavy atom. The van der Waals surface area contributed by atoms with Crippen LogP contribution in [0.25, 0.3) is 133 Å². The maximum Gasteiger partial charge on any atom is 0.235 e. The number of aromatic nitrogens is 4. The van der Waals surface area contributed by atoms with Crippen LogP contribution in [-0.2, 0) is 0 Å². The second-order valence-corrected chi connectivity index (χ2v) is 16.6. The van der Waals surface area contributed by atoms with Gasteiger partial charge in [-0.2, -0.15) is 0 Å². The van der Waals surface area contributed by atoms with Crippen molar-refractivity contribution in [3.63, 3.8) is 0 Å². The van der Waals surface area contributed by atoms with Crippen LogP contribution in [0.5, 0.6) is 0 Å². The minimum absolute atomic E-state index is 0.606. The van der Waals surface area contributed by atoms with E-state index < -0.39 is 0 Å². The molecular weight excluding hydrogens is 785 g/mol. The number of rotatable bonds is 5. The summed E-state index contributed by atoms with van der Waals surface area (Å²) in [5.74, 6) is 0.606. The van der Waals surface area contributed by atoms with Crippen molar-refractivity contribution in [2.75, 3.05) is 0 Å². The van der Waals surface area contributed by atoms with Gasteiger partial charge in [0.1, 0.15) is 22.3 Å². The molecule has 0 atom stereocenters. The Bertz CT molecular complexity index is 4120. The van der Waals surface area contributed by atoms with Crippen molar-refractivity contribution in [3.8, 4) is 45.3 Å². The number of para-hydroxylation sites is 3. The summed E-state index contributed by atoms with van der Waals surface area (Å²) >= 11 is 0. The lowest BCUT2D eigenvalue weighted by atomic mass is 10.0. The molecule has 6 heteroatoms. The molecule has 9 aromatic carbocycles. The van der Waals surface area contributed by atoms with Gasteiger partial charge in [0.05, 0.1) is 33.5 Å². The molecule has 298 valence electrons. The Morgan fingerprint density at radius 1 is 0.281 bits per heavy atom. The van der Waals surface area contributed by atoms with E-state index in [1.165, 1.54) is 10.8 Å². The van der Waals surface area contributed by atoms with Gasteiger partial charge in [0, 0.05) is 72.0 Å². The molecule has 0 spiro atoms. The highest BCUT2D eigenvalue weighted by molar-refractivity contribution is 6.19. The average molecular weight is 819 g/mol. The number of fused-ring (bicyclic) bond motifs is 12. The Hall–Kier alpha value is -8.74. The second kappa shape index (κ2) is 13.4.